The average molecular weight is 614 g/mol. The van der Waals surface area contributed by atoms with E-state index in [1.54, 1.807) is 22.8 Å². The van der Waals surface area contributed by atoms with Gasteiger partial charge in [0.05, 0.1) is 22.0 Å². The first-order valence-corrected chi connectivity index (χ1v) is 16.2. The van der Waals surface area contributed by atoms with Crippen LogP contribution in [0.25, 0.3) is 16.5 Å². The number of nitrogens with zero attached hydrogens (tertiary/aromatic N) is 2. The summed E-state index contributed by atoms with van der Waals surface area (Å²) in [6.45, 7) is 8.66. The smallest absolute Gasteiger partial charge is 0.264 e. The molecule has 1 saturated carbocycles. The predicted octanol–water partition coefficient (Wildman–Crippen LogP) is 8.11. The number of para-hydroxylation sites is 1. The maximum Gasteiger partial charge on any atom is 0.264 e. The lowest BCUT2D eigenvalue weighted by Crippen LogP contribution is -2.46. The number of aromatic nitrogens is 1. The number of carbonyl (C=O) groups is 1. The van der Waals surface area contributed by atoms with Gasteiger partial charge in [-0.3, -0.25) is 19.1 Å². The van der Waals surface area contributed by atoms with Crippen LogP contribution in [0.15, 0.2) is 77.6 Å². The average Bonchev–Trinajstić information content (AvgIpc) is 3.81. The van der Waals surface area contributed by atoms with Gasteiger partial charge in [-0.25, -0.2) is 4.39 Å². The van der Waals surface area contributed by atoms with Crippen LogP contribution in [-0.4, -0.2) is 34.0 Å². The summed E-state index contributed by atoms with van der Waals surface area (Å²) in [7, 11) is 0. The normalized spacial score (nSPS) is 17.1. The highest BCUT2D eigenvalue weighted by Gasteiger charge is 2.32. The van der Waals surface area contributed by atoms with Gasteiger partial charge in [-0.05, 0) is 107 Å². The van der Waals surface area contributed by atoms with Gasteiger partial charge < -0.3 is 5.32 Å². The number of amides is 1. The van der Waals surface area contributed by atoms with E-state index in [0.29, 0.717) is 51.0 Å². The van der Waals surface area contributed by atoms with Crippen molar-refractivity contribution in [2.75, 3.05) is 13.1 Å². The van der Waals surface area contributed by atoms with E-state index < -0.39 is 0 Å². The molecule has 230 valence electrons. The van der Waals surface area contributed by atoms with Crippen LogP contribution >= 0.6 is 11.6 Å². The van der Waals surface area contributed by atoms with E-state index >= 15 is 0 Å². The lowest BCUT2D eigenvalue weighted by atomic mass is 9.87. The van der Waals surface area contributed by atoms with Crippen molar-refractivity contribution in [1.29, 1.82) is 0 Å². The number of halogens is 2. The molecule has 0 unspecified atom stereocenters. The number of hydrogen-bond acceptors (Lipinski definition) is 3. The number of nitrogens with one attached hydrogen (secondary N) is 1. The molecule has 1 aliphatic heterocycles. The van der Waals surface area contributed by atoms with Crippen LogP contribution < -0.4 is 10.9 Å². The highest BCUT2D eigenvalue weighted by Crippen LogP contribution is 2.38. The van der Waals surface area contributed by atoms with Crippen molar-refractivity contribution >= 4 is 28.3 Å². The number of pyridine rings is 1. The summed E-state index contributed by atoms with van der Waals surface area (Å²) >= 11 is 6.71. The maximum absolute atomic E-state index is 14.6. The summed E-state index contributed by atoms with van der Waals surface area (Å²) in [6, 6.07) is 21.0. The molecule has 1 saturated heterocycles. The Morgan fingerprint density at radius 1 is 0.955 bits per heavy atom. The van der Waals surface area contributed by atoms with Gasteiger partial charge in [-0.1, -0.05) is 66.9 Å². The van der Waals surface area contributed by atoms with Crippen molar-refractivity contribution in [1.82, 2.24) is 14.8 Å². The van der Waals surface area contributed by atoms with E-state index in [1.165, 1.54) is 12.1 Å². The minimum absolute atomic E-state index is 0.0926. The van der Waals surface area contributed by atoms with Crippen LogP contribution in [0.4, 0.5) is 4.39 Å². The van der Waals surface area contributed by atoms with Crippen molar-refractivity contribution in [2.24, 2.45) is 11.8 Å². The summed E-state index contributed by atoms with van der Waals surface area (Å²) in [5, 5.41) is 4.49. The van der Waals surface area contributed by atoms with Crippen LogP contribution in [0.3, 0.4) is 0 Å². The summed E-state index contributed by atoms with van der Waals surface area (Å²) < 4.78 is 16.0. The minimum atomic E-state index is -0.347. The molecule has 2 heterocycles. The molecule has 1 N–H and O–H groups in total. The van der Waals surface area contributed by atoms with Crippen LogP contribution in [0.1, 0.15) is 80.5 Å². The quantitative estimate of drug-likeness (QED) is 0.218. The number of piperidine rings is 1. The lowest BCUT2D eigenvalue weighted by Gasteiger charge is -2.41. The zero-order valence-corrected chi connectivity index (χ0v) is 26.5. The summed E-state index contributed by atoms with van der Waals surface area (Å²) in [5.74, 6) is 0.214. The fourth-order valence-electron chi connectivity index (χ4n) is 6.75. The van der Waals surface area contributed by atoms with Crippen molar-refractivity contribution in [2.45, 2.75) is 70.9 Å². The maximum atomic E-state index is 14.6. The first kappa shape index (κ1) is 30.5. The van der Waals surface area contributed by atoms with Crippen LogP contribution in [-0.2, 0) is 6.42 Å². The minimum Gasteiger partial charge on any atom is -0.345 e. The van der Waals surface area contributed by atoms with E-state index in [-0.39, 0.29) is 28.9 Å². The second kappa shape index (κ2) is 12.5. The van der Waals surface area contributed by atoms with Gasteiger partial charge in [0.2, 0.25) is 0 Å². The topological polar surface area (TPSA) is 54.3 Å². The predicted molar refractivity (Wildman–Crippen MR) is 176 cm³/mol. The second-order valence-corrected chi connectivity index (χ2v) is 13.9. The number of likely N-dealkylation sites (tertiary alicyclic amines) is 1. The number of fused-ring (bicyclic) bond motifs is 1. The monoisotopic (exact) mass is 613 g/mol. The van der Waals surface area contributed by atoms with Gasteiger partial charge in [-0.15, -0.1) is 0 Å². The molecule has 7 heteroatoms. The van der Waals surface area contributed by atoms with Crippen LogP contribution in [0, 0.1) is 17.7 Å². The van der Waals surface area contributed by atoms with Crippen molar-refractivity contribution in [3.05, 3.63) is 111 Å². The largest absolute Gasteiger partial charge is 0.345 e. The molecule has 3 aromatic carbocycles. The Bertz CT molecular complexity index is 1720. The third-order valence-corrected chi connectivity index (χ3v) is 9.68. The summed E-state index contributed by atoms with van der Waals surface area (Å²) in [5.41, 5.74) is 2.49. The molecule has 1 aromatic heterocycles. The molecule has 2 fully saturated rings. The van der Waals surface area contributed by atoms with E-state index in [1.807, 2.05) is 42.5 Å². The van der Waals surface area contributed by atoms with E-state index in [2.05, 4.69) is 31.0 Å². The number of benzene rings is 3. The number of hydrogen-bond donors (Lipinski definition) is 1. The van der Waals surface area contributed by atoms with E-state index in [0.717, 1.165) is 50.8 Å². The Balaban J connectivity index is 1.49. The molecule has 0 radical (unpaired) electrons. The van der Waals surface area contributed by atoms with Gasteiger partial charge in [0.1, 0.15) is 5.82 Å². The molecule has 4 aromatic rings. The third-order valence-electron chi connectivity index (χ3n) is 9.37. The fraction of sp³-hybridized carbons (Fsp3) is 0.405. The Labute approximate surface area is 264 Å². The molecule has 5 nitrogen and oxygen atoms in total. The van der Waals surface area contributed by atoms with Crippen molar-refractivity contribution in [3.63, 3.8) is 0 Å². The molecule has 2 aliphatic rings. The zero-order valence-electron chi connectivity index (χ0n) is 25.8. The van der Waals surface area contributed by atoms with Gasteiger partial charge in [0.25, 0.3) is 11.5 Å². The zero-order chi connectivity index (χ0) is 31.0. The van der Waals surface area contributed by atoms with Gasteiger partial charge in [0.15, 0.2) is 0 Å². The van der Waals surface area contributed by atoms with Crippen molar-refractivity contribution in [3.8, 4) is 5.69 Å². The Morgan fingerprint density at radius 2 is 1.66 bits per heavy atom. The molecule has 1 aliphatic carbocycles. The second-order valence-electron chi connectivity index (χ2n) is 13.5. The molecule has 0 bridgehead atoms. The molecule has 1 amide bonds. The van der Waals surface area contributed by atoms with Crippen molar-refractivity contribution < 1.29 is 9.18 Å². The highest BCUT2D eigenvalue weighted by atomic mass is 35.5. The summed E-state index contributed by atoms with van der Waals surface area (Å²) in [4.78, 5) is 31.4. The van der Waals surface area contributed by atoms with E-state index in [4.69, 9.17) is 11.6 Å². The SMILES string of the molecule is CC(C)(C)N1CCC(Cc2c(C(=O)N[C@@H](CC3CC3)c3cccc(F)c3)c3cccc(Cl)c3c(=O)n2-c2ccccc2)CC1. The van der Waals surface area contributed by atoms with Gasteiger partial charge in [-0.2, -0.15) is 0 Å². The molecule has 1 atom stereocenters. The molecule has 0 spiro atoms. The first-order valence-electron chi connectivity index (χ1n) is 15.8. The Kier molecular flexibility index (Phi) is 8.67. The molecule has 44 heavy (non-hydrogen) atoms. The molecule has 6 rings (SSSR count). The van der Waals surface area contributed by atoms with Crippen LogP contribution in [0.5, 0.6) is 0 Å². The Hall–Kier alpha value is -3.48. The fourth-order valence-corrected chi connectivity index (χ4v) is 7.00. The van der Waals surface area contributed by atoms with Crippen LogP contribution in [0.2, 0.25) is 5.02 Å². The Morgan fingerprint density at radius 3 is 2.32 bits per heavy atom. The number of rotatable bonds is 8. The number of carbonyl (C=O) groups excluding carboxylic acids is 1. The lowest BCUT2D eigenvalue weighted by molar-refractivity contribution is 0.0868. The summed E-state index contributed by atoms with van der Waals surface area (Å²) in [6.07, 6.45) is 5.49. The van der Waals surface area contributed by atoms with E-state index in [9.17, 15) is 14.0 Å². The standard InChI is InChI=1S/C37H41ClFN3O2/c1-37(2,3)41-19-17-25(18-20-41)22-32-34(35(43)40-31(21-24-15-16-24)26-9-7-10-27(39)23-26)29-13-8-14-30(38)33(29)36(44)42(32)28-11-5-4-6-12-28/h4-14,23-25,31H,15-22H2,1-3H3,(H,40,43)/t31-/m0/s1. The molecular weight excluding hydrogens is 573 g/mol. The highest BCUT2D eigenvalue weighted by molar-refractivity contribution is 6.36. The molecular formula is C37H41ClFN3O2. The van der Waals surface area contributed by atoms with Gasteiger partial charge in [0, 0.05) is 22.3 Å². The van der Waals surface area contributed by atoms with Gasteiger partial charge >= 0.3 is 0 Å². The first-order chi connectivity index (χ1) is 21.1. The third kappa shape index (κ3) is 6.47.